The Hall–Kier alpha value is -1.36. The van der Waals surface area contributed by atoms with Crippen molar-refractivity contribution in [3.8, 4) is 0 Å². The normalized spacial score (nSPS) is 15.7. The fourth-order valence-corrected chi connectivity index (χ4v) is 3.25. The van der Waals surface area contributed by atoms with Crippen LogP contribution in [0.1, 0.15) is 15.9 Å². The van der Waals surface area contributed by atoms with E-state index in [1.807, 2.05) is 47.4 Å². The van der Waals surface area contributed by atoms with Gasteiger partial charge in [-0.05, 0) is 42.0 Å². The van der Waals surface area contributed by atoms with E-state index >= 15 is 0 Å². The second kappa shape index (κ2) is 7.47. The molecule has 0 aliphatic carbocycles. The van der Waals surface area contributed by atoms with Gasteiger partial charge in [0, 0.05) is 47.8 Å². The summed E-state index contributed by atoms with van der Waals surface area (Å²) in [7, 11) is 0. The van der Waals surface area contributed by atoms with Gasteiger partial charge in [0.15, 0.2) is 0 Å². The van der Waals surface area contributed by atoms with E-state index in [1.54, 1.807) is 0 Å². The van der Waals surface area contributed by atoms with Gasteiger partial charge in [0.2, 0.25) is 0 Å². The third-order valence-corrected chi connectivity index (χ3v) is 4.81. The Morgan fingerprint density at radius 2 is 1.74 bits per heavy atom. The monoisotopic (exact) mass is 392 g/mol. The lowest BCUT2D eigenvalue weighted by Gasteiger charge is -2.34. The lowest BCUT2D eigenvalue weighted by molar-refractivity contribution is 0.0628. The molecule has 120 valence electrons. The van der Waals surface area contributed by atoms with Crippen LogP contribution in [0.2, 0.25) is 5.02 Å². The van der Waals surface area contributed by atoms with Crippen molar-refractivity contribution in [1.82, 2.24) is 9.80 Å². The molecule has 3 nitrogen and oxygen atoms in total. The van der Waals surface area contributed by atoms with Crippen molar-refractivity contribution < 1.29 is 4.79 Å². The fraction of sp³-hybridized carbons (Fsp3) is 0.278. The average Bonchev–Trinajstić information content (AvgIpc) is 2.56. The molecular formula is C18H18BrClN2O. The molecule has 1 fully saturated rings. The Bertz CT molecular complexity index is 682. The smallest absolute Gasteiger partial charge is 0.253 e. The third-order valence-electron chi connectivity index (χ3n) is 4.05. The molecule has 3 rings (SSSR count). The predicted molar refractivity (Wildman–Crippen MR) is 96.8 cm³/mol. The first-order valence-electron chi connectivity index (χ1n) is 7.63. The van der Waals surface area contributed by atoms with E-state index in [0.717, 1.165) is 47.8 Å². The summed E-state index contributed by atoms with van der Waals surface area (Å²) in [4.78, 5) is 16.8. The highest BCUT2D eigenvalue weighted by atomic mass is 79.9. The number of benzene rings is 2. The Morgan fingerprint density at radius 1 is 1.04 bits per heavy atom. The average molecular weight is 394 g/mol. The van der Waals surface area contributed by atoms with Crippen molar-refractivity contribution in [3.63, 3.8) is 0 Å². The van der Waals surface area contributed by atoms with Crippen LogP contribution < -0.4 is 0 Å². The molecular weight excluding hydrogens is 376 g/mol. The van der Waals surface area contributed by atoms with E-state index < -0.39 is 0 Å². The van der Waals surface area contributed by atoms with E-state index in [4.69, 9.17) is 11.6 Å². The molecule has 0 aromatic heterocycles. The Morgan fingerprint density at radius 3 is 2.39 bits per heavy atom. The Balaban J connectivity index is 1.55. The Labute approximate surface area is 150 Å². The first kappa shape index (κ1) is 16.5. The van der Waals surface area contributed by atoms with Crippen LogP contribution >= 0.6 is 27.5 Å². The van der Waals surface area contributed by atoms with Crippen LogP contribution in [0.3, 0.4) is 0 Å². The molecule has 1 heterocycles. The summed E-state index contributed by atoms with van der Waals surface area (Å²) in [5.41, 5.74) is 1.96. The highest BCUT2D eigenvalue weighted by Gasteiger charge is 2.22. The summed E-state index contributed by atoms with van der Waals surface area (Å²) in [5, 5.41) is 0.770. The van der Waals surface area contributed by atoms with Gasteiger partial charge in [-0.2, -0.15) is 0 Å². The number of hydrogen-bond donors (Lipinski definition) is 0. The molecule has 0 radical (unpaired) electrons. The lowest BCUT2D eigenvalue weighted by Crippen LogP contribution is -2.48. The summed E-state index contributed by atoms with van der Waals surface area (Å²) in [5.74, 6) is 0.111. The standard InChI is InChI=1S/C18H18BrClN2O/c19-16-6-4-15(5-7-16)18(23)22-10-8-21(9-11-22)13-14-2-1-3-17(20)12-14/h1-7,12H,8-11,13H2. The van der Waals surface area contributed by atoms with E-state index in [1.165, 1.54) is 5.56 Å². The maximum atomic E-state index is 12.5. The zero-order valence-corrected chi connectivity index (χ0v) is 15.1. The third kappa shape index (κ3) is 4.34. The number of carbonyl (C=O) groups is 1. The Kier molecular flexibility index (Phi) is 5.36. The second-order valence-electron chi connectivity index (χ2n) is 5.71. The van der Waals surface area contributed by atoms with Gasteiger partial charge in [0.25, 0.3) is 5.91 Å². The minimum Gasteiger partial charge on any atom is -0.336 e. The molecule has 0 saturated carbocycles. The van der Waals surface area contributed by atoms with Crippen molar-refractivity contribution in [2.45, 2.75) is 6.54 Å². The summed E-state index contributed by atoms with van der Waals surface area (Å²) in [6.07, 6.45) is 0. The largest absolute Gasteiger partial charge is 0.336 e. The van der Waals surface area contributed by atoms with Crippen LogP contribution in [0.15, 0.2) is 53.0 Å². The van der Waals surface area contributed by atoms with Gasteiger partial charge in [-0.1, -0.05) is 39.7 Å². The van der Waals surface area contributed by atoms with Gasteiger partial charge in [-0.3, -0.25) is 9.69 Å². The molecule has 5 heteroatoms. The molecule has 1 amide bonds. The molecule has 0 spiro atoms. The molecule has 2 aromatic rings. The van der Waals surface area contributed by atoms with Gasteiger partial charge in [-0.25, -0.2) is 0 Å². The fourth-order valence-electron chi connectivity index (χ4n) is 2.78. The van der Waals surface area contributed by atoms with Gasteiger partial charge in [0.1, 0.15) is 0 Å². The number of piperazine rings is 1. The number of hydrogen-bond acceptors (Lipinski definition) is 2. The summed E-state index contributed by atoms with van der Waals surface area (Å²) in [6, 6.07) is 15.5. The zero-order chi connectivity index (χ0) is 16.2. The topological polar surface area (TPSA) is 23.6 Å². The van der Waals surface area contributed by atoms with Crippen molar-refractivity contribution in [1.29, 1.82) is 0 Å². The van der Waals surface area contributed by atoms with Gasteiger partial charge in [0.05, 0.1) is 0 Å². The summed E-state index contributed by atoms with van der Waals surface area (Å²) < 4.78 is 0.986. The van der Waals surface area contributed by atoms with Crippen molar-refractivity contribution in [2.24, 2.45) is 0 Å². The predicted octanol–water partition coefficient (Wildman–Crippen LogP) is 4.06. The van der Waals surface area contributed by atoms with Crippen molar-refractivity contribution >= 4 is 33.4 Å². The van der Waals surface area contributed by atoms with E-state index in [-0.39, 0.29) is 5.91 Å². The number of halogens is 2. The van der Waals surface area contributed by atoms with E-state index in [9.17, 15) is 4.79 Å². The molecule has 1 aliphatic rings. The minimum atomic E-state index is 0.111. The van der Waals surface area contributed by atoms with Crippen molar-refractivity contribution in [3.05, 3.63) is 69.2 Å². The quantitative estimate of drug-likeness (QED) is 0.785. The molecule has 0 bridgehead atoms. The van der Waals surface area contributed by atoms with Crippen LogP contribution in [0.25, 0.3) is 0 Å². The highest BCUT2D eigenvalue weighted by Crippen LogP contribution is 2.16. The summed E-state index contributed by atoms with van der Waals surface area (Å²) in [6.45, 7) is 4.16. The second-order valence-corrected chi connectivity index (χ2v) is 7.06. The summed E-state index contributed by atoms with van der Waals surface area (Å²) >= 11 is 9.43. The van der Waals surface area contributed by atoms with Crippen LogP contribution in [-0.2, 0) is 6.54 Å². The van der Waals surface area contributed by atoms with Gasteiger partial charge < -0.3 is 4.90 Å². The van der Waals surface area contributed by atoms with Crippen LogP contribution in [0.5, 0.6) is 0 Å². The molecule has 23 heavy (non-hydrogen) atoms. The first-order valence-corrected chi connectivity index (χ1v) is 8.80. The molecule has 0 unspecified atom stereocenters. The zero-order valence-electron chi connectivity index (χ0n) is 12.7. The maximum absolute atomic E-state index is 12.5. The molecule has 1 saturated heterocycles. The molecule has 1 aliphatic heterocycles. The number of nitrogens with zero attached hydrogens (tertiary/aromatic N) is 2. The van der Waals surface area contributed by atoms with Gasteiger partial charge >= 0.3 is 0 Å². The van der Waals surface area contributed by atoms with E-state index in [0.29, 0.717) is 0 Å². The van der Waals surface area contributed by atoms with Gasteiger partial charge in [-0.15, -0.1) is 0 Å². The van der Waals surface area contributed by atoms with Crippen LogP contribution in [0.4, 0.5) is 0 Å². The van der Waals surface area contributed by atoms with E-state index in [2.05, 4.69) is 26.9 Å². The maximum Gasteiger partial charge on any atom is 0.253 e. The van der Waals surface area contributed by atoms with Crippen LogP contribution in [-0.4, -0.2) is 41.9 Å². The number of rotatable bonds is 3. The van der Waals surface area contributed by atoms with Crippen molar-refractivity contribution in [2.75, 3.05) is 26.2 Å². The first-order chi connectivity index (χ1) is 11.1. The molecule has 0 atom stereocenters. The number of carbonyl (C=O) groups excluding carboxylic acids is 1. The van der Waals surface area contributed by atoms with Crippen LogP contribution in [0, 0.1) is 0 Å². The SMILES string of the molecule is O=C(c1ccc(Br)cc1)N1CCN(Cc2cccc(Cl)c2)CC1. The molecule has 0 N–H and O–H groups in total. The highest BCUT2D eigenvalue weighted by molar-refractivity contribution is 9.10. The molecule has 2 aromatic carbocycles. The minimum absolute atomic E-state index is 0.111. The number of amides is 1. The lowest BCUT2D eigenvalue weighted by atomic mass is 10.1.